The number of nitrogens with zero attached hydrogens (tertiary/aromatic N) is 1. The summed E-state index contributed by atoms with van der Waals surface area (Å²) in [5, 5.41) is 4.90. The van der Waals surface area contributed by atoms with Gasteiger partial charge in [-0.25, -0.2) is 4.98 Å². The third kappa shape index (κ3) is 4.85. The molecule has 1 fully saturated rings. The number of aromatic nitrogens is 1. The highest BCUT2D eigenvalue weighted by molar-refractivity contribution is 7.11. The highest BCUT2D eigenvalue weighted by Crippen LogP contribution is 2.38. The molecule has 0 atom stereocenters. The van der Waals surface area contributed by atoms with Crippen LogP contribution in [0.4, 0.5) is 0 Å². The molecule has 1 aromatic heterocycles. The van der Waals surface area contributed by atoms with Crippen molar-refractivity contribution in [3.05, 3.63) is 16.1 Å². The third-order valence-electron chi connectivity index (χ3n) is 4.32. The molecule has 0 saturated heterocycles. The van der Waals surface area contributed by atoms with Crippen LogP contribution in [-0.4, -0.2) is 11.5 Å². The third-order valence-corrected chi connectivity index (χ3v) is 5.48. The maximum atomic E-state index is 4.69. The van der Waals surface area contributed by atoms with E-state index in [9.17, 15) is 0 Å². The maximum Gasteiger partial charge on any atom is 0.0959 e. The molecule has 114 valence electrons. The average Bonchev–Trinajstić information content (AvgIpc) is 2.88. The number of thiazole rings is 1. The molecular formula is C17H30N2S. The van der Waals surface area contributed by atoms with Crippen molar-refractivity contribution in [3.63, 3.8) is 0 Å². The van der Waals surface area contributed by atoms with E-state index in [4.69, 9.17) is 0 Å². The summed E-state index contributed by atoms with van der Waals surface area (Å²) in [5.41, 5.74) is 0. The van der Waals surface area contributed by atoms with Crippen LogP contribution in [0.5, 0.6) is 0 Å². The molecule has 20 heavy (non-hydrogen) atoms. The van der Waals surface area contributed by atoms with Crippen molar-refractivity contribution in [2.45, 2.75) is 71.8 Å². The summed E-state index contributed by atoms with van der Waals surface area (Å²) in [6.07, 6.45) is 10.4. The van der Waals surface area contributed by atoms with Crippen molar-refractivity contribution >= 4 is 11.3 Å². The summed E-state index contributed by atoms with van der Waals surface area (Å²) in [6, 6.07) is 0. The van der Waals surface area contributed by atoms with Crippen molar-refractivity contribution < 1.29 is 0 Å². The van der Waals surface area contributed by atoms with Crippen LogP contribution in [0.3, 0.4) is 0 Å². The SMILES string of the molecule is CCCC1CCC(c2ncc(CNCC(C)C)s2)CC1. The fourth-order valence-corrected chi connectivity index (χ4v) is 4.24. The van der Waals surface area contributed by atoms with Crippen molar-refractivity contribution in [3.8, 4) is 0 Å². The Morgan fingerprint density at radius 1 is 1.30 bits per heavy atom. The topological polar surface area (TPSA) is 24.9 Å². The molecule has 0 aliphatic heterocycles. The lowest BCUT2D eigenvalue weighted by Crippen LogP contribution is -2.18. The fraction of sp³-hybridized carbons (Fsp3) is 0.824. The molecule has 1 aromatic rings. The summed E-state index contributed by atoms with van der Waals surface area (Å²) in [6.45, 7) is 8.89. The van der Waals surface area contributed by atoms with Crippen LogP contribution >= 0.6 is 11.3 Å². The zero-order chi connectivity index (χ0) is 14.4. The first-order chi connectivity index (χ1) is 9.69. The highest BCUT2D eigenvalue weighted by atomic mass is 32.1. The van der Waals surface area contributed by atoms with E-state index in [0.29, 0.717) is 0 Å². The van der Waals surface area contributed by atoms with Gasteiger partial charge in [0.1, 0.15) is 0 Å². The van der Waals surface area contributed by atoms with Crippen LogP contribution in [0.15, 0.2) is 6.20 Å². The minimum Gasteiger partial charge on any atom is -0.312 e. The van der Waals surface area contributed by atoms with Crippen LogP contribution < -0.4 is 5.32 Å². The summed E-state index contributed by atoms with van der Waals surface area (Å²) in [4.78, 5) is 6.09. The van der Waals surface area contributed by atoms with Crippen LogP contribution in [-0.2, 0) is 6.54 Å². The van der Waals surface area contributed by atoms with E-state index >= 15 is 0 Å². The Hall–Kier alpha value is -0.410. The zero-order valence-corrected chi connectivity index (χ0v) is 14.1. The second-order valence-corrected chi connectivity index (χ2v) is 7.84. The molecule has 0 amide bonds. The van der Waals surface area contributed by atoms with Gasteiger partial charge in [-0.1, -0.05) is 33.6 Å². The predicted molar refractivity (Wildman–Crippen MR) is 88.3 cm³/mol. The van der Waals surface area contributed by atoms with Gasteiger partial charge in [0.15, 0.2) is 0 Å². The quantitative estimate of drug-likeness (QED) is 0.768. The Labute approximate surface area is 128 Å². The van der Waals surface area contributed by atoms with Crippen LogP contribution in [0.2, 0.25) is 0 Å². The standard InChI is InChI=1S/C17H30N2S/c1-4-5-14-6-8-15(9-7-14)17-19-12-16(20-17)11-18-10-13(2)3/h12-15,18H,4-11H2,1-3H3. The average molecular weight is 295 g/mol. The van der Waals surface area contributed by atoms with Gasteiger partial charge >= 0.3 is 0 Å². The van der Waals surface area contributed by atoms with Gasteiger partial charge in [-0.15, -0.1) is 11.3 Å². The van der Waals surface area contributed by atoms with Gasteiger partial charge in [0, 0.05) is 23.5 Å². The lowest BCUT2D eigenvalue weighted by Gasteiger charge is -2.26. The van der Waals surface area contributed by atoms with E-state index in [1.807, 2.05) is 11.3 Å². The Bertz CT molecular complexity index is 378. The zero-order valence-electron chi connectivity index (χ0n) is 13.3. The van der Waals surface area contributed by atoms with Crippen LogP contribution in [0.1, 0.15) is 75.1 Å². The van der Waals surface area contributed by atoms with Crippen molar-refractivity contribution in [2.75, 3.05) is 6.54 Å². The lowest BCUT2D eigenvalue weighted by atomic mass is 9.80. The summed E-state index contributed by atoms with van der Waals surface area (Å²) < 4.78 is 0. The molecule has 1 saturated carbocycles. The second-order valence-electron chi connectivity index (χ2n) is 6.70. The van der Waals surface area contributed by atoms with E-state index < -0.39 is 0 Å². The van der Waals surface area contributed by atoms with E-state index in [2.05, 4.69) is 37.3 Å². The van der Waals surface area contributed by atoms with E-state index in [0.717, 1.165) is 30.8 Å². The number of hydrogen-bond donors (Lipinski definition) is 1. The Balaban J connectivity index is 1.78. The molecule has 2 nitrogen and oxygen atoms in total. The fourth-order valence-electron chi connectivity index (χ4n) is 3.18. The monoisotopic (exact) mass is 294 g/mol. The molecule has 1 N–H and O–H groups in total. The minimum atomic E-state index is 0.719. The molecule has 0 spiro atoms. The highest BCUT2D eigenvalue weighted by Gasteiger charge is 2.23. The molecule has 1 aliphatic carbocycles. The summed E-state index contributed by atoms with van der Waals surface area (Å²) >= 11 is 1.93. The largest absolute Gasteiger partial charge is 0.312 e. The molecule has 1 aliphatic rings. The first-order valence-electron chi connectivity index (χ1n) is 8.34. The summed E-state index contributed by atoms with van der Waals surface area (Å²) in [7, 11) is 0. The van der Waals surface area contributed by atoms with Gasteiger partial charge in [0.05, 0.1) is 5.01 Å². The first kappa shape index (κ1) is 16.0. The molecule has 0 unspecified atom stereocenters. The second kappa shape index (κ2) is 8.14. The van der Waals surface area contributed by atoms with Gasteiger partial charge < -0.3 is 5.32 Å². The number of hydrogen-bond acceptors (Lipinski definition) is 3. The molecule has 0 aromatic carbocycles. The molecule has 0 radical (unpaired) electrons. The van der Waals surface area contributed by atoms with Crippen LogP contribution in [0, 0.1) is 11.8 Å². The van der Waals surface area contributed by atoms with Gasteiger partial charge in [-0.2, -0.15) is 0 Å². The van der Waals surface area contributed by atoms with Gasteiger partial charge in [-0.05, 0) is 44.1 Å². The van der Waals surface area contributed by atoms with Crippen molar-refractivity contribution in [1.29, 1.82) is 0 Å². The van der Waals surface area contributed by atoms with Gasteiger partial charge in [0.25, 0.3) is 0 Å². The lowest BCUT2D eigenvalue weighted by molar-refractivity contribution is 0.308. The number of rotatable bonds is 7. The van der Waals surface area contributed by atoms with E-state index in [1.165, 1.54) is 48.4 Å². The van der Waals surface area contributed by atoms with E-state index in [-0.39, 0.29) is 0 Å². The van der Waals surface area contributed by atoms with Gasteiger partial charge in [-0.3, -0.25) is 0 Å². The smallest absolute Gasteiger partial charge is 0.0959 e. The van der Waals surface area contributed by atoms with Crippen molar-refractivity contribution in [2.24, 2.45) is 11.8 Å². The first-order valence-corrected chi connectivity index (χ1v) is 9.16. The van der Waals surface area contributed by atoms with Gasteiger partial charge in [0.2, 0.25) is 0 Å². The molecule has 1 heterocycles. The Morgan fingerprint density at radius 3 is 2.70 bits per heavy atom. The summed E-state index contributed by atoms with van der Waals surface area (Å²) in [5.74, 6) is 2.45. The number of nitrogens with one attached hydrogen (secondary N) is 1. The van der Waals surface area contributed by atoms with E-state index in [1.54, 1.807) is 0 Å². The predicted octanol–water partition coefficient (Wildman–Crippen LogP) is 4.96. The Kier molecular flexibility index (Phi) is 6.50. The normalized spacial score (nSPS) is 23.4. The maximum absolute atomic E-state index is 4.69. The molecular weight excluding hydrogens is 264 g/mol. The minimum absolute atomic E-state index is 0.719. The Morgan fingerprint density at radius 2 is 2.05 bits per heavy atom. The van der Waals surface area contributed by atoms with Crippen molar-refractivity contribution in [1.82, 2.24) is 10.3 Å². The molecule has 2 rings (SSSR count). The molecule has 0 bridgehead atoms. The van der Waals surface area contributed by atoms with Crippen LogP contribution in [0.25, 0.3) is 0 Å². The molecule has 3 heteroatoms.